The van der Waals surface area contributed by atoms with Gasteiger partial charge in [0.15, 0.2) is 11.9 Å². The maximum atomic E-state index is 9.37. The molecule has 0 aromatic rings. The molecule has 0 saturated heterocycles. The fourth-order valence-electron chi connectivity index (χ4n) is 0.106. The molecule has 9 heavy (non-hydrogen) atoms. The summed E-state index contributed by atoms with van der Waals surface area (Å²) in [6.45, 7) is 0. The number of aliphatic carboxylic acids is 2. The van der Waals surface area contributed by atoms with Crippen LogP contribution in [0, 0.1) is 6.42 Å². The Kier molecular flexibility index (Phi) is 8.84. The molecule has 6 heteroatoms. The van der Waals surface area contributed by atoms with Gasteiger partial charge in [0.2, 0.25) is 0 Å². The van der Waals surface area contributed by atoms with Crippen LogP contribution in [-0.4, -0.2) is 22.2 Å². The van der Waals surface area contributed by atoms with E-state index < -0.39 is 11.9 Å². The van der Waals surface area contributed by atoms with Gasteiger partial charge >= 0.3 is 21.0 Å². The molecule has 0 heterocycles. The van der Waals surface area contributed by atoms with Gasteiger partial charge in [0.05, 0.1) is 0 Å². The predicted molar refractivity (Wildman–Crippen MR) is 20.3 cm³/mol. The van der Waals surface area contributed by atoms with Crippen molar-refractivity contribution in [3.05, 3.63) is 6.42 Å². The number of carboxylic acids is 2. The van der Waals surface area contributed by atoms with Crippen LogP contribution in [0.15, 0.2) is 0 Å². The molecular formula is C3H3O5V-. The fraction of sp³-hybridized carbons (Fsp3) is 0. The Morgan fingerprint density at radius 3 is 1.33 bits per heavy atom. The van der Waals surface area contributed by atoms with Gasteiger partial charge in [0.25, 0.3) is 0 Å². The van der Waals surface area contributed by atoms with Crippen molar-refractivity contribution in [2.45, 2.75) is 0 Å². The minimum absolute atomic E-state index is 0.167. The first kappa shape index (κ1) is 11.1. The summed E-state index contributed by atoms with van der Waals surface area (Å²) >= 11 is 1.06. The topological polar surface area (TPSA) is 91.7 Å². The average Bonchev–Trinajstić information content (AvgIpc) is 1.68. The summed E-state index contributed by atoms with van der Waals surface area (Å²) in [5, 5.41) is 15.3. The van der Waals surface area contributed by atoms with E-state index in [1.54, 1.807) is 0 Å². The first-order chi connectivity index (χ1) is 4.13. The second-order valence-corrected chi connectivity index (χ2v) is 0.821. The number of carbonyl (C=O) groups is 2. The predicted octanol–water partition coefficient (Wildman–Crippen LogP) is -0.761. The van der Waals surface area contributed by atoms with Crippen LogP contribution in [0.2, 0.25) is 0 Å². The molecule has 0 saturated carbocycles. The third kappa shape index (κ3) is 19.0. The van der Waals surface area contributed by atoms with E-state index in [2.05, 4.69) is 0 Å². The number of hydrogen-bond acceptors (Lipinski definition) is 3. The second kappa shape index (κ2) is 7.19. The molecule has 0 rings (SSSR count). The Bertz CT molecular complexity index is 98.8. The summed E-state index contributed by atoms with van der Waals surface area (Å²) < 4.78 is 8.19. The molecule has 0 aliphatic carbocycles. The zero-order valence-corrected chi connectivity index (χ0v) is 5.54. The molecular weight excluding hydrogens is 167 g/mol. The van der Waals surface area contributed by atoms with Crippen molar-refractivity contribution in [2.24, 2.45) is 0 Å². The van der Waals surface area contributed by atoms with Crippen LogP contribution < -0.4 is 0 Å². The average molecular weight is 170 g/mol. The van der Waals surface area contributed by atoms with Crippen LogP contribution in [0.3, 0.4) is 0 Å². The molecule has 0 radical (unpaired) electrons. The second-order valence-electron chi connectivity index (χ2n) is 0.821. The first-order valence-corrected chi connectivity index (χ1v) is 2.19. The van der Waals surface area contributed by atoms with Gasteiger partial charge in [0, 0.05) is 0 Å². The SMILES string of the molecule is O=C(O)[CH-]C(=O)O.[O]=[V]. The van der Waals surface area contributed by atoms with Crippen molar-refractivity contribution < 1.29 is 40.8 Å². The molecule has 0 aliphatic heterocycles. The molecule has 0 atom stereocenters. The molecule has 0 aromatic carbocycles. The molecule has 0 bridgehead atoms. The van der Waals surface area contributed by atoms with Gasteiger partial charge < -0.3 is 10.2 Å². The first-order valence-electron chi connectivity index (χ1n) is 1.62. The summed E-state index contributed by atoms with van der Waals surface area (Å²) in [5.74, 6) is -2.87. The molecule has 2 N–H and O–H groups in total. The van der Waals surface area contributed by atoms with E-state index in [0.29, 0.717) is 0 Å². The van der Waals surface area contributed by atoms with Gasteiger partial charge in [-0.15, -0.1) is 0 Å². The summed E-state index contributed by atoms with van der Waals surface area (Å²) in [5.41, 5.74) is 0. The number of hydrogen-bond donors (Lipinski definition) is 2. The Labute approximate surface area is 59.9 Å². The van der Waals surface area contributed by atoms with E-state index in [1.165, 1.54) is 0 Å². The van der Waals surface area contributed by atoms with Gasteiger partial charge in [-0.1, -0.05) is 0 Å². The Balaban J connectivity index is 0. The Hall–Kier alpha value is -0.806. The zero-order valence-electron chi connectivity index (χ0n) is 4.14. The van der Waals surface area contributed by atoms with Crippen molar-refractivity contribution >= 4 is 11.9 Å². The summed E-state index contributed by atoms with van der Waals surface area (Å²) in [6, 6.07) is 0. The minimum atomic E-state index is -1.44. The van der Waals surface area contributed by atoms with Crippen LogP contribution in [0.1, 0.15) is 0 Å². The zero-order chi connectivity index (χ0) is 7.86. The van der Waals surface area contributed by atoms with Gasteiger partial charge in [-0.2, -0.15) is 6.42 Å². The fourth-order valence-corrected chi connectivity index (χ4v) is 0.106. The van der Waals surface area contributed by atoms with Crippen LogP contribution in [0.25, 0.3) is 0 Å². The monoisotopic (exact) mass is 170 g/mol. The van der Waals surface area contributed by atoms with E-state index in [1.807, 2.05) is 0 Å². The maximum absolute atomic E-state index is 9.37. The summed E-state index contributed by atoms with van der Waals surface area (Å²) in [6.07, 6.45) is 0.167. The van der Waals surface area contributed by atoms with Crippen LogP contribution in [-0.2, 0) is 30.6 Å². The van der Waals surface area contributed by atoms with Crippen molar-refractivity contribution in [1.29, 1.82) is 0 Å². The third-order valence-corrected chi connectivity index (χ3v) is 0.247. The number of rotatable bonds is 2. The van der Waals surface area contributed by atoms with Gasteiger partial charge in [-0.3, -0.25) is 9.59 Å². The van der Waals surface area contributed by atoms with E-state index in [9.17, 15) is 9.59 Å². The van der Waals surface area contributed by atoms with E-state index in [4.69, 9.17) is 13.9 Å². The van der Waals surface area contributed by atoms with E-state index in [-0.39, 0.29) is 6.42 Å². The molecule has 0 amide bonds. The molecule has 0 fully saturated rings. The normalized spacial score (nSPS) is 6.11. The standard InChI is InChI=1S/C3H3O4.O.V/c4-2(5)1-3(6)7;;/h1H,(H,4,5)(H,6,7);;/q-1;;. The molecule has 0 aliphatic rings. The van der Waals surface area contributed by atoms with Gasteiger partial charge in [0.1, 0.15) is 0 Å². The third-order valence-electron chi connectivity index (χ3n) is 0.247. The van der Waals surface area contributed by atoms with Crippen molar-refractivity contribution in [3.8, 4) is 0 Å². The van der Waals surface area contributed by atoms with Crippen molar-refractivity contribution in [3.63, 3.8) is 0 Å². The van der Waals surface area contributed by atoms with E-state index in [0.717, 1.165) is 17.4 Å². The number of carboxylic acid groups (broad SMARTS) is 2. The molecule has 5 nitrogen and oxygen atoms in total. The van der Waals surface area contributed by atoms with Crippen molar-refractivity contribution in [2.75, 3.05) is 0 Å². The summed E-state index contributed by atoms with van der Waals surface area (Å²) in [7, 11) is 0. The Morgan fingerprint density at radius 1 is 1.11 bits per heavy atom. The Morgan fingerprint density at radius 2 is 1.33 bits per heavy atom. The molecule has 0 unspecified atom stereocenters. The molecule has 0 aromatic heterocycles. The van der Waals surface area contributed by atoms with Crippen LogP contribution in [0.5, 0.6) is 0 Å². The van der Waals surface area contributed by atoms with Crippen LogP contribution in [0.4, 0.5) is 0 Å². The molecule has 0 spiro atoms. The van der Waals surface area contributed by atoms with Gasteiger partial charge in [-0.05, 0) is 0 Å². The van der Waals surface area contributed by atoms with Gasteiger partial charge in [-0.25, -0.2) is 0 Å². The van der Waals surface area contributed by atoms with E-state index >= 15 is 0 Å². The quantitative estimate of drug-likeness (QED) is 0.419. The van der Waals surface area contributed by atoms with Crippen molar-refractivity contribution in [1.82, 2.24) is 0 Å². The van der Waals surface area contributed by atoms with Crippen LogP contribution >= 0.6 is 0 Å². The molecule has 51 valence electrons. The summed E-state index contributed by atoms with van der Waals surface area (Å²) in [4.78, 5) is 18.7.